The van der Waals surface area contributed by atoms with Gasteiger partial charge in [-0.2, -0.15) is 0 Å². The van der Waals surface area contributed by atoms with Gasteiger partial charge in [-0.1, -0.05) is 25.4 Å². The summed E-state index contributed by atoms with van der Waals surface area (Å²) in [6.45, 7) is 5.79. The first-order valence-electron chi connectivity index (χ1n) is 7.60. The van der Waals surface area contributed by atoms with Crippen molar-refractivity contribution in [2.24, 2.45) is 0 Å². The predicted molar refractivity (Wildman–Crippen MR) is 91.0 cm³/mol. The van der Waals surface area contributed by atoms with E-state index in [0.29, 0.717) is 17.2 Å². The average molecular weight is 360 g/mol. The van der Waals surface area contributed by atoms with Gasteiger partial charge in [0.05, 0.1) is 11.5 Å². The quantitative estimate of drug-likeness (QED) is 0.876. The fourth-order valence-corrected chi connectivity index (χ4v) is 4.41. The molecule has 1 atom stereocenters. The maximum absolute atomic E-state index is 12.0. The van der Waals surface area contributed by atoms with E-state index in [1.165, 1.54) is 0 Å². The standard InChI is InChI=1S/C16H22ClNO4S/c1-10(2)13-7-14(17)11(3)6-15(13)22-8-16(19)18-12-4-5-23(20,21)9-12/h6-7,10,12H,4-5,8-9H2,1-3H3,(H,18,19). The lowest BCUT2D eigenvalue weighted by Gasteiger charge is -2.17. The zero-order valence-corrected chi connectivity index (χ0v) is 15.1. The van der Waals surface area contributed by atoms with Crippen LogP contribution in [-0.2, 0) is 14.6 Å². The van der Waals surface area contributed by atoms with Crippen LogP contribution in [0, 0.1) is 6.92 Å². The molecule has 0 bridgehead atoms. The minimum atomic E-state index is -3.01. The van der Waals surface area contributed by atoms with Crippen molar-refractivity contribution in [3.05, 3.63) is 28.3 Å². The van der Waals surface area contributed by atoms with Crippen molar-refractivity contribution in [2.45, 2.75) is 39.2 Å². The molecule has 1 unspecified atom stereocenters. The van der Waals surface area contributed by atoms with Gasteiger partial charge in [-0.3, -0.25) is 4.79 Å². The molecule has 128 valence electrons. The van der Waals surface area contributed by atoms with Crippen LogP contribution in [0.15, 0.2) is 12.1 Å². The van der Waals surface area contributed by atoms with Gasteiger partial charge in [-0.05, 0) is 42.5 Å². The monoisotopic (exact) mass is 359 g/mol. The number of ether oxygens (including phenoxy) is 1. The smallest absolute Gasteiger partial charge is 0.258 e. The van der Waals surface area contributed by atoms with Crippen LogP contribution in [0.2, 0.25) is 5.02 Å². The Morgan fingerprint density at radius 3 is 2.70 bits per heavy atom. The number of sulfone groups is 1. The summed E-state index contributed by atoms with van der Waals surface area (Å²) in [6, 6.07) is 3.37. The highest BCUT2D eigenvalue weighted by molar-refractivity contribution is 7.91. The summed E-state index contributed by atoms with van der Waals surface area (Å²) in [7, 11) is -3.01. The third-order valence-corrected chi connectivity index (χ3v) is 6.04. The molecule has 1 aromatic rings. The van der Waals surface area contributed by atoms with Crippen LogP contribution < -0.4 is 10.1 Å². The maximum atomic E-state index is 12.0. The number of benzene rings is 1. The first kappa shape index (κ1) is 18.1. The molecule has 1 saturated heterocycles. The van der Waals surface area contributed by atoms with E-state index in [1.807, 2.05) is 32.9 Å². The fraction of sp³-hybridized carbons (Fsp3) is 0.562. The summed E-state index contributed by atoms with van der Waals surface area (Å²) < 4.78 is 28.4. The van der Waals surface area contributed by atoms with E-state index in [-0.39, 0.29) is 36.0 Å². The second kappa shape index (κ2) is 7.09. The van der Waals surface area contributed by atoms with Crippen molar-refractivity contribution in [1.29, 1.82) is 0 Å². The summed E-state index contributed by atoms with van der Waals surface area (Å²) in [5, 5.41) is 3.38. The molecule has 0 saturated carbocycles. The van der Waals surface area contributed by atoms with Gasteiger partial charge < -0.3 is 10.1 Å². The van der Waals surface area contributed by atoms with Gasteiger partial charge in [-0.25, -0.2) is 8.42 Å². The highest BCUT2D eigenvalue weighted by Crippen LogP contribution is 2.31. The Balaban J connectivity index is 1.98. The van der Waals surface area contributed by atoms with E-state index in [9.17, 15) is 13.2 Å². The molecule has 5 nitrogen and oxygen atoms in total. The number of hydrogen-bond donors (Lipinski definition) is 1. The number of halogens is 1. The lowest BCUT2D eigenvalue weighted by Crippen LogP contribution is -2.38. The van der Waals surface area contributed by atoms with Crippen molar-refractivity contribution < 1.29 is 17.9 Å². The third kappa shape index (κ3) is 4.85. The molecule has 0 radical (unpaired) electrons. The maximum Gasteiger partial charge on any atom is 0.258 e. The minimum Gasteiger partial charge on any atom is -0.483 e. The first-order chi connectivity index (χ1) is 10.7. The Labute approximate surface area is 142 Å². The minimum absolute atomic E-state index is 0.00996. The molecule has 7 heteroatoms. The lowest BCUT2D eigenvalue weighted by molar-refractivity contribution is -0.123. The zero-order valence-electron chi connectivity index (χ0n) is 13.6. The lowest BCUT2D eigenvalue weighted by atomic mass is 10.0. The van der Waals surface area contributed by atoms with Gasteiger partial charge in [0, 0.05) is 11.1 Å². The van der Waals surface area contributed by atoms with Crippen LogP contribution in [0.25, 0.3) is 0 Å². The predicted octanol–water partition coefficient (Wildman–Crippen LogP) is 2.45. The number of nitrogens with one attached hydrogen (secondary N) is 1. The van der Waals surface area contributed by atoms with Crippen molar-refractivity contribution in [3.8, 4) is 5.75 Å². The largest absolute Gasteiger partial charge is 0.483 e. The molecular formula is C16H22ClNO4S. The van der Waals surface area contributed by atoms with Gasteiger partial charge in [0.25, 0.3) is 5.91 Å². The molecule has 1 amide bonds. The van der Waals surface area contributed by atoms with Gasteiger partial charge in [0.2, 0.25) is 0 Å². The molecular weight excluding hydrogens is 338 g/mol. The molecule has 1 heterocycles. The van der Waals surface area contributed by atoms with E-state index in [1.54, 1.807) is 0 Å². The van der Waals surface area contributed by atoms with Crippen LogP contribution in [-0.4, -0.2) is 38.5 Å². The summed E-state index contributed by atoms with van der Waals surface area (Å²) in [4.78, 5) is 12.0. The molecule has 0 aromatic heterocycles. The molecule has 1 aromatic carbocycles. The third-order valence-electron chi connectivity index (χ3n) is 3.87. The average Bonchev–Trinajstić information content (AvgIpc) is 2.78. The molecule has 0 aliphatic carbocycles. The topological polar surface area (TPSA) is 72.5 Å². The SMILES string of the molecule is Cc1cc(OCC(=O)NC2CCS(=O)(=O)C2)c(C(C)C)cc1Cl. The van der Waals surface area contributed by atoms with Crippen LogP contribution in [0.5, 0.6) is 5.75 Å². The molecule has 2 rings (SSSR count). The van der Waals surface area contributed by atoms with Gasteiger partial charge >= 0.3 is 0 Å². The van der Waals surface area contributed by atoms with Gasteiger partial charge in [0.15, 0.2) is 16.4 Å². The molecule has 1 aliphatic rings. The van der Waals surface area contributed by atoms with Crippen LogP contribution in [0.1, 0.15) is 37.3 Å². The van der Waals surface area contributed by atoms with Crippen molar-refractivity contribution in [2.75, 3.05) is 18.1 Å². The number of carbonyl (C=O) groups excluding carboxylic acids is 1. The van der Waals surface area contributed by atoms with Gasteiger partial charge in [-0.15, -0.1) is 0 Å². The van der Waals surface area contributed by atoms with Crippen molar-refractivity contribution in [1.82, 2.24) is 5.32 Å². The highest BCUT2D eigenvalue weighted by Gasteiger charge is 2.29. The number of carbonyl (C=O) groups is 1. The van der Waals surface area contributed by atoms with E-state index in [4.69, 9.17) is 16.3 Å². The van der Waals surface area contributed by atoms with E-state index in [2.05, 4.69) is 5.32 Å². The summed E-state index contributed by atoms with van der Waals surface area (Å²) in [6.07, 6.45) is 0.464. The number of rotatable bonds is 5. The van der Waals surface area contributed by atoms with E-state index >= 15 is 0 Å². The second-order valence-corrected chi connectivity index (χ2v) is 8.89. The number of hydrogen-bond acceptors (Lipinski definition) is 4. The number of amides is 1. The van der Waals surface area contributed by atoms with Crippen LogP contribution in [0.4, 0.5) is 0 Å². The van der Waals surface area contributed by atoms with Gasteiger partial charge in [0.1, 0.15) is 5.75 Å². The Bertz CT molecular complexity index is 700. The van der Waals surface area contributed by atoms with Crippen molar-refractivity contribution in [3.63, 3.8) is 0 Å². The zero-order chi connectivity index (χ0) is 17.2. The van der Waals surface area contributed by atoms with E-state index in [0.717, 1.165) is 11.1 Å². The number of aryl methyl sites for hydroxylation is 1. The van der Waals surface area contributed by atoms with Crippen LogP contribution >= 0.6 is 11.6 Å². The summed E-state index contributed by atoms with van der Waals surface area (Å²) >= 11 is 6.14. The second-order valence-electron chi connectivity index (χ2n) is 6.25. The Kier molecular flexibility index (Phi) is 5.57. The molecule has 0 spiro atoms. The normalized spacial score (nSPS) is 19.8. The molecule has 1 fully saturated rings. The van der Waals surface area contributed by atoms with E-state index < -0.39 is 9.84 Å². The molecule has 1 N–H and O–H groups in total. The first-order valence-corrected chi connectivity index (χ1v) is 9.80. The Morgan fingerprint density at radius 2 is 2.13 bits per heavy atom. The molecule has 23 heavy (non-hydrogen) atoms. The summed E-state index contributed by atoms with van der Waals surface area (Å²) in [5.74, 6) is 0.680. The Morgan fingerprint density at radius 1 is 1.43 bits per heavy atom. The fourth-order valence-electron chi connectivity index (χ4n) is 2.57. The highest BCUT2D eigenvalue weighted by atomic mass is 35.5. The van der Waals surface area contributed by atoms with Crippen molar-refractivity contribution >= 4 is 27.3 Å². The summed E-state index contributed by atoms with van der Waals surface area (Å²) in [5.41, 5.74) is 1.82. The molecule has 1 aliphatic heterocycles. The van der Waals surface area contributed by atoms with Crippen LogP contribution in [0.3, 0.4) is 0 Å². The Hall–Kier alpha value is -1.27.